The predicted molar refractivity (Wildman–Crippen MR) is 97.8 cm³/mol. The highest BCUT2D eigenvalue weighted by Crippen LogP contribution is 2.20. The minimum atomic E-state index is -0.541. The topological polar surface area (TPSA) is 60.7 Å². The summed E-state index contributed by atoms with van der Waals surface area (Å²) in [5.74, 6) is -1.42. The minimum absolute atomic E-state index is 0.131. The lowest BCUT2D eigenvalue weighted by atomic mass is 10.2. The number of esters is 1. The van der Waals surface area contributed by atoms with Gasteiger partial charge in [0.2, 0.25) is 0 Å². The minimum Gasteiger partial charge on any atom is -0.465 e. The second-order valence-corrected chi connectivity index (χ2v) is 6.70. The Morgan fingerprint density at radius 1 is 1.27 bits per heavy atom. The molecule has 2 aromatic carbocycles. The van der Waals surface area contributed by atoms with Crippen molar-refractivity contribution < 1.29 is 18.7 Å². The van der Waals surface area contributed by atoms with Gasteiger partial charge in [0.15, 0.2) is 4.80 Å². The zero-order valence-electron chi connectivity index (χ0n) is 13.7. The van der Waals surface area contributed by atoms with Crippen LogP contribution in [0.1, 0.15) is 17.3 Å². The van der Waals surface area contributed by atoms with Gasteiger partial charge in [0.05, 0.1) is 27.4 Å². The zero-order chi connectivity index (χ0) is 18.7. The number of benzene rings is 2. The van der Waals surface area contributed by atoms with E-state index in [2.05, 4.69) is 4.99 Å². The van der Waals surface area contributed by atoms with Crippen molar-refractivity contribution >= 4 is 45.0 Å². The molecule has 26 heavy (non-hydrogen) atoms. The van der Waals surface area contributed by atoms with Crippen molar-refractivity contribution in [2.24, 2.45) is 4.99 Å². The van der Waals surface area contributed by atoms with Crippen LogP contribution in [-0.4, -0.2) is 23.1 Å². The number of rotatable bonds is 4. The van der Waals surface area contributed by atoms with Crippen LogP contribution in [0.5, 0.6) is 0 Å². The molecule has 0 N–H and O–H groups in total. The first kappa shape index (κ1) is 18.3. The molecule has 0 aliphatic rings. The lowest BCUT2D eigenvalue weighted by Gasteiger charge is -2.05. The Hall–Kier alpha value is -2.51. The second kappa shape index (κ2) is 7.80. The van der Waals surface area contributed by atoms with E-state index in [1.54, 1.807) is 37.3 Å². The van der Waals surface area contributed by atoms with E-state index >= 15 is 0 Å². The Morgan fingerprint density at radius 3 is 2.77 bits per heavy atom. The van der Waals surface area contributed by atoms with E-state index in [1.807, 2.05) is 0 Å². The van der Waals surface area contributed by atoms with Gasteiger partial charge >= 0.3 is 5.97 Å². The van der Waals surface area contributed by atoms with Gasteiger partial charge in [-0.3, -0.25) is 9.59 Å². The molecule has 1 amide bonds. The third-order valence-corrected chi connectivity index (χ3v) is 4.91. The van der Waals surface area contributed by atoms with E-state index < -0.39 is 17.7 Å². The maximum absolute atomic E-state index is 13.5. The third-order valence-electron chi connectivity index (χ3n) is 3.54. The summed E-state index contributed by atoms with van der Waals surface area (Å²) in [6.45, 7) is 1.81. The van der Waals surface area contributed by atoms with Crippen LogP contribution >= 0.6 is 22.9 Å². The molecule has 134 valence electrons. The molecule has 5 nitrogen and oxygen atoms in total. The van der Waals surface area contributed by atoms with Crippen molar-refractivity contribution in [1.82, 2.24) is 4.57 Å². The summed E-state index contributed by atoms with van der Waals surface area (Å²) in [5, 5.41) is 0.283. The number of ether oxygens (including phenoxy) is 1. The van der Waals surface area contributed by atoms with Crippen molar-refractivity contribution in [3.05, 3.63) is 63.7 Å². The molecule has 1 heterocycles. The molecule has 0 saturated carbocycles. The summed E-state index contributed by atoms with van der Waals surface area (Å²) in [4.78, 5) is 28.8. The Bertz CT molecular complexity index is 1060. The fraction of sp³-hybridized carbons (Fsp3) is 0.167. The van der Waals surface area contributed by atoms with E-state index in [0.29, 0.717) is 10.2 Å². The molecule has 0 aliphatic heterocycles. The smallest absolute Gasteiger partial charge is 0.326 e. The van der Waals surface area contributed by atoms with Gasteiger partial charge in [-0.1, -0.05) is 35.1 Å². The molecule has 1 aromatic heterocycles. The molecule has 0 radical (unpaired) electrons. The van der Waals surface area contributed by atoms with Crippen LogP contribution in [0.25, 0.3) is 10.2 Å². The van der Waals surface area contributed by atoms with Gasteiger partial charge in [-0.2, -0.15) is 4.99 Å². The van der Waals surface area contributed by atoms with E-state index in [0.717, 1.165) is 11.3 Å². The van der Waals surface area contributed by atoms with Crippen LogP contribution in [-0.2, 0) is 16.1 Å². The number of fused-ring (bicyclic) bond motifs is 1. The summed E-state index contributed by atoms with van der Waals surface area (Å²) in [7, 11) is 0. The highest BCUT2D eigenvalue weighted by molar-refractivity contribution is 7.16. The second-order valence-electron chi connectivity index (χ2n) is 5.28. The number of hydrogen-bond acceptors (Lipinski definition) is 4. The molecule has 0 unspecified atom stereocenters. The van der Waals surface area contributed by atoms with Crippen LogP contribution in [0, 0.1) is 5.82 Å². The molecule has 0 fully saturated rings. The van der Waals surface area contributed by atoms with Gasteiger partial charge in [0, 0.05) is 0 Å². The van der Waals surface area contributed by atoms with Crippen LogP contribution in [0.2, 0.25) is 5.02 Å². The number of carbonyl (C=O) groups is 2. The highest BCUT2D eigenvalue weighted by Gasteiger charge is 2.14. The number of amides is 1. The number of nitrogens with zero attached hydrogens (tertiary/aromatic N) is 2. The molecular formula is C18H14ClFN2O3S. The van der Waals surface area contributed by atoms with Crippen molar-refractivity contribution in [2.45, 2.75) is 13.5 Å². The number of halogens is 2. The lowest BCUT2D eigenvalue weighted by molar-refractivity contribution is -0.143. The quantitative estimate of drug-likeness (QED) is 0.634. The van der Waals surface area contributed by atoms with Crippen molar-refractivity contribution in [2.75, 3.05) is 6.61 Å². The number of aromatic nitrogens is 1. The Morgan fingerprint density at radius 2 is 2.04 bits per heavy atom. The fourth-order valence-electron chi connectivity index (χ4n) is 2.40. The average Bonchev–Trinajstić information content (AvgIpc) is 2.91. The lowest BCUT2D eigenvalue weighted by Crippen LogP contribution is -2.23. The van der Waals surface area contributed by atoms with Crippen LogP contribution in [0.4, 0.5) is 4.39 Å². The summed E-state index contributed by atoms with van der Waals surface area (Å²) in [6, 6.07) is 10.7. The van der Waals surface area contributed by atoms with E-state index in [4.69, 9.17) is 16.3 Å². The molecule has 0 saturated heterocycles. The first-order valence-corrected chi connectivity index (χ1v) is 8.97. The predicted octanol–water partition coefficient (Wildman–Crippen LogP) is 3.80. The van der Waals surface area contributed by atoms with Crippen molar-refractivity contribution in [3.8, 4) is 0 Å². The maximum atomic E-state index is 13.5. The molecule has 0 atom stereocenters. The Kier molecular flexibility index (Phi) is 5.49. The highest BCUT2D eigenvalue weighted by atomic mass is 35.5. The normalized spacial score (nSPS) is 11.7. The number of carbonyl (C=O) groups excluding carboxylic acids is 2. The number of hydrogen-bond donors (Lipinski definition) is 0. The maximum Gasteiger partial charge on any atom is 0.326 e. The van der Waals surface area contributed by atoms with Crippen molar-refractivity contribution in [3.63, 3.8) is 0 Å². The fourth-order valence-corrected chi connectivity index (χ4v) is 3.67. The van der Waals surface area contributed by atoms with Crippen molar-refractivity contribution in [1.29, 1.82) is 0 Å². The van der Waals surface area contributed by atoms with Gasteiger partial charge in [-0.05, 0) is 37.3 Å². The Labute approximate surface area is 157 Å². The van der Waals surface area contributed by atoms with Crippen LogP contribution in [0.3, 0.4) is 0 Å². The molecule has 3 aromatic rings. The van der Waals surface area contributed by atoms with Gasteiger partial charge < -0.3 is 9.30 Å². The first-order valence-electron chi connectivity index (χ1n) is 7.77. The van der Waals surface area contributed by atoms with Gasteiger partial charge in [-0.25, -0.2) is 4.39 Å². The first-order chi connectivity index (χ1) is 12.5. The molecular weight excluding hydrogens is 379 g/mol. The van der Waals surface area contributed by atoms with Gasteiger partial charge in [-0.15, -0.1) is 0 Å². The largest absolute Gasteiger partial charge is 0.465 e. The molecule has 0 spiro atoms. The SMILES string of the molecule is CCOC(=O)Cn1c(=NC(=O)c2ccccc2Cl)sc2cc(F)ccc21. The van der Waals surface area contributed by atoms with E-state index in [-0.39, 0.29) is 28.5 Å². The standard InChI is InChI=1S/C18H14ClFN2O3S/c1-2-25-16(23)10-22-14-8-7-11(20)9-15(14)26-18(22)21-17(24)12-5-3-4-6-13(12)19/h3-9H,2,10H2,1H3. The van der Waals surface area contributed by atoms with Gasteiger partial charge in [0.25, 0.3) is 5.91 Å². The van der Waals surface area contributed by atoms with Gasteiger partial charge in [0.1, 0.15) is 12.4 Å². The molecule has 3 rings (SSSR count). The molecule has 0 aliphatic carbocycles. The number of thiazole rings is 1. The summed E-state index contributed by atoms with van der Waals surface area (Å²) in [5.41, 5.74) is 0.843. The summed E-state index contributed by atoms with van der Waals surface area (Å²) in [6.07, 6.45) is 0. The van der Waals surface area contributed by atoms with E-state index in [1.165, 1.54) is 16.7 Å². The monoisotopic (exact) mass is 392 g/mol. The summed E-state index contributed by atoms with van der Waals surface area (Å²) >= 11 is 7.15. The molecule has 8 heteroatoms. The Balaban J connectivity index is 2.13. The zero-order valence-corrected chi connectivity index (χ0v) is 15.3. The molecule has 0 bridgehead atoms. The van der Waals surface area contributed by atoms with E-state index in [9.17, 15) is 14.0 Å². The third kappa shape index (κ3) is 3.84. The van der Waals surface area contributed by atoms with Crippen LogP contribution < -0.4 is 4.80 Å². The summed E-state index contributed by atoms with van der Waals surface area (Å²) < 4.78 is 20.6. The van der Waals surface area contributed by atoms with Crippen LogP contribution in [0.15, 0.2) is 47.5 Å². The average molecular weight is 393 g/mol.